The number of aryl methyl sites for hydroxylation is 1. The quantitative estimate of drug-likeness (QED) is 0.920. The molecule has 0 aliphatic carbocycles. The van der Waals surface area contributed by atoms with Crippen molar-refractivity contribution in [1.82, 2.24) is 0 Å². The van der Waals surface area contributed by atoms with Crippen molar-refractivity contribution >= 4 is 11.6 Å². The van der Waals surface area contributed by atoms with E-state index in [2.05, 4.69) is 0 Å². The van der Waals surface area contributed by atoms with Crippen LogP contribution in [0.5, 0.6) is 5.75 Å². The Morgan fingerprint density at radius 1 is 1.15 bits per heavy atom. The van der Waals surface area contributed by atoms with Crippen LogP contribution in [0.1, 0.15) is 28.4 Å². The fourth-order valence-corrected chi connectivity index (χ4v) is 2.35. The van der Waals surface area contributed by atoms with E-state index >= 15 is 0 Å². The van der Waals surface area contributed by atoms with E-state index in [1.807, 2.05) is 19.9 Å². The number of hydrogen-bond acceptors (Lipinski definition) is 2. The molecule has 1 atom stereocenters. The molecule has 0 saturated heterocycles. The number of benzene rings is 2. The van der Waals surface area contributed by atoms with Crippen molar-refractivity contribution in [3.63, 3.8) is 0 Å². The van der Waals surface area contributed by atoms with Crippen molar-refractivity contribution in [2.45, 2.75) is 20.0 Å². The lowest BCUT2D eigenvalue weighted by Crippen LogP contribution is -2.06. The first-order chi connectivity index (χ1) is 9.45. The zero-order chi connectivity index (χ0) is 14.9. The average molecular weight is 295 g/mol. The molecule has 20 heavy (non-hydrogen) atoms. The average Bonchev–Trinajstić information content (AvgIpc) is 2.41. The maximum Gasteiger partial charge on any atom is 0.130 e. The molecule has 0 aliphatic heterocycles. The molecule has 1 N–H and O–H groups in total. The number of ether oxygens (including phenoxy) is 1. The van der Waals surface area contributed by atoms with Gasteiger partial charge in [0.2, 0.25) is 0 Å². The van der Waals surface area contributed by atoms with Crippen molar-refractivity contribution in [3.8, 4) is 5.75 Å². The molecular weight excluding hydrogens is 279 g/mol. The highest BCUT2D eigenvalue weighted by molar-refractivity contribution is 6.30. The number of methoxy groups -OCH3 is 1. The molecule has 0 bridgehead atoms. The van der Waals surface area contributed by atoms with Crippen molar-refractivity contribution in [1.29, 1.82) is 0 Å². The van der Waals surface area contributed by atoms with E-state index in [-0.39, 0.29) is 5.56 Å². The fraction of sp³-hybridized carbons (Fsp3) is 0.250. The lowest BCUT2D eigenvalue weighted by Gasteiger charge is -2.18. The molecule has 4 heteroatoms. The topological polar surface area (TPSA) is 29.5 Å². The van der Waals surface area contributed by atoms with Crippen LogP contribution in [0.4, 0.5) is 4.39 Å². The molecule has 0 amide bonds. The maximum absolute atomic E-state index is 13.9. The molecule has 0 radical (unpaired) electrons. The van der Waals surface area contributed by atoms with E-state index in [0.717, 1.165) is 11.1 Å². The normalized spacial score (nSPS) is 12.3. The molecule has 2 aromatic carbocycles. The van der Waals surface area contributed by atoms with E-state index < -0.39 is 11.9 Å². The SMILES string of the molecule is COc1c(C(O)c2ccc(Cl)cc2F)ccc(C)c1C. The smallest absolute Gasteiger partial charge is 0.130 e. The van der Waals surface area contributed by atoms with Gasteiger partial charge in [-0.3, -0.25) is 0 Å². The van der Waals surface area contributed by atoms with Gasteiger partial charge < -0.3 is 9.84 Å². The highest BCUT2D eigenvalue weighted by atomic mass is 35.5. The Morgan fingerprint density at radius 3 is 2.40 bits per heavy atom. The van der Waals surface area contributed by atoms with Crippen LogP contribution >= 0.6 is 11.6 Å². The monoisotopic (exact) mass is 294 g/mol. The van der Waals surface area contributed by atoms with Gasteiger partial charge in [0.05, 0.1) is 7.11 Å². The summed E-state index contributed by atoms with van der Waals surface area (Å²) in [5, 5.41) is 10.7. The highest BCUT2D eigenvalue weighted by Crippen LogP contribution is 2.35. The summed E-state index contributed by atoms with van der Waals surface area (Å²) >= 11 is 5.73. The van der Waals surface area contributed by atoms with Crippen molar-refractivity contribution < 1.29 is 14.2 Å². The van der Waals surface area contributed by atoms with Gasteiger partial charge in [0.15, 0.2) is 0 Å². The maximum atomic E-state index is 13.9. The molecule has 2 aromatic rings. The first-order valence-corrected chi connectivity index (χ1v) is 6.60. The molecule has 0 fully saturated rings. The van der Waals surface area contributed by atoms with Gasteiger partial charge >= 0.3 is 0 Å². The molecule has 0 heterocycles. The second kappa shape index (κ2) is 5.81. The molecule has 2 rings (SSSR count). The number of hydrogen-bond donors (Lipinski definition) is 1. The summed E-state index contributed by atoms with van der Waals surface area (Å²) in [5.74, 6) is 0.0390. The minimum atomic E-state index is -1.10. The number of rotatable bonds is 3. The Labute approximate surface area is 122 Å². The van der Waals surface area contributed by atoms with Gasteiger partial charge in [-0.2, -0.15) is 0 Å². The van der Waals surface area contributed by atoms with E-state index in [0.29, 0.717) is 16.3 Å². The summed E-state index contributed by atoms with van der Waals surface area (Å²) in [6, 6.07) is 7.85. The van der Waals surface area contributed by atoms with Crippen molar-refractivity contribution in [2.75, 3.05) is 7.11 Å². The number of halogens is 2. The molecule has 2 nitrogen and oxygen atoms in total. The third kappa shape index (κ3) is 2.65. The molecule has 0 spiro atoms. The van der Waals surface area contributed by atoms with Crippen LogP contribution in [-0.2, 0) is 0 Å². The molecular formula is C16H16ClFO2. The number of aliphatic hydroxyl groups is 1. The third-order valence-electron chi connectivity index (χ3n) is 3.46. The van der Waals surface area contributed by atoms with Crippen LogP contribution in [0.3, 0.4) is 0 Å². The van der Waals surface area contributed by atoms with E-state index in [1.54, 1.807) is 12.1 Å². The van der Waals surface area contributed by atoms with Gasteiger partial charge in [0.1, 0.15) is 17.7 Å². The summed E-state index contributed by atoms with van der Waals surface area (Å²) in [6.07, 6.45) is -1.10. The summed E-state index contributed by atoms with van der Waals surface area (Å²) in [7, 11) is 1.54. The van der Waals surface area contributed by atoms with Crippen molar-refractivity contribution in [2.24, 2.45) is 0 Å². The molecule has 0 saturated carbocycles. The van der Waals surface area contributed by atoms with Gasteiger partial charge in [0.25, 0.3) is 0 Å². The molecule has 0 aliphatic rings. The summed E-state index contributed by atoms with van der Waals surface area (Å²) in [4.78, 5) is 0. The number of aliphatic hydroxyl groups excluding tert-OH is 1. The van der Waals surface area contributed by atoms with Gasteiger partial charge in [0, 0.05) is 16.1 Å². The predicted octanol–water partition coefficient (Wildman–Crippen LogP) is 4.19. The van der Waals surface area contributed by atoms with Crippen molar-refractivity contribution in [3.05, 3.63) is 63.4 Å². The second-order valence-corrected chi connectivity index (χ2v) is 5.13. The van der Waals surface area contributed by atoms with Gasteiger partial charge in [-0.1, -0.05) is 29.8 Å². The van der Waals surface area contributed by atoms with Gasteiger partial charge in [-0.25, -0.2) is 4.39 Å². The van der Waals surface area contributed by atoms with Gasteiger partial charge in [-0.15, -0.1) is 0 Å². The van der Waals surface area contributed by atoms with Crippen LogP contribution in [0, 0.1) is 19.7 Å². The summed E-state index contributed by atoms with van der Waals surface area (Å²) in [6.45, 7) is 3.86. The van der Waals surface area contributed by atoms with Crippen LogP contribution in [0.2, 0.25) is 5.02 Å². The molecule has 1 unspecified atom stereocenters. The second-order valence-electron chi connectivity index (χ2n) is 4.70. The Hall–Kier alpha value is -1.58. The van der Waals surface area contributed by atoms with E-state index in [9.17, 15) is 9.50 Å². The first kappa shape index (κ1) is 14.8. The summed E-state index contributed by atoms with van der Waals surface area (Å²) < 4.78 is 19.3. The van der Waals surface area contributed by atoms with E-state index in [4.69, 9.17) is 16.3 Å². The van der Waals surface area contributed by atoms with Gasteiger partial charge in [-0.05, 0) is 37.1 Å². The third-order valence-corrected chi connectivity index (χ3v) is 3.70. The Bertz CT molecular complexity index is 641. The molecule has 106 valence electrons. The predicted molar refractivity (Wildman–Crippen MR) is 77.9 cm³/mol. The molecule has 0 aromatic heterocycles. The zero-order valence-electron chi connectivity index (χ0n) is 11.6. The first-order valence-electron chi connectivity index (χ1n) is 6.22. The minimum absolute atomic E-state index is 0.177. The summed E-state index contributed by atoms with van der Waals surface area (Å²) in [5.41, 5.74) is 2.69. The largest absolute Gasteiger partial charge is 0.496 e. The fourth-order valence-electron chi connectivity index (χ4n) is 2.19. The lowest BCUT2D eigenvalue weighted by atomic mass is 9.96. The van der Waals surface area contributed by atoms with Crippen LogP contribution in [0.25, 0.3) is 0 Å². The Morgan fingerprint density at radius 2 is 1.80 bits per heavy atom. The van der Waals surface area contributed by atoms with Crippen LogP contribution in [0.15, 0.2) is 30.3 Å². The Kier molecular flexibility index (Phi) is 4.31. The lowest BCUT2D eigenvalue weighted by molar-refractivity contribution is 0.209. The Balaban J connectivity index is 2.53. The van der Waals surface area contributed by atoms with Crippen LogP contribution in [-0.4, -0.2) is 12.2 Å². The standard InChI is InChI=1S/C16H16ClFO2/c1-9-4-6-13(16(20-3)10(9)2)15(19)12-7-5-11(17)8-14(12)18/h4-8,15,19H,1-3H3. The van der Waals surface area contributed by atoms with E-state index in [1.165, 1.54) is 19.2 Å². The zero-order valence-corrected chi connectivity index (χ0v) is 12.3. The minimum Gasteiger partial charge on any atom is -0.496 e. The van der Waals surface area contributed by atoms with Crippen LogP contribution < -0.4 is 4.74 Å². The highest BCUT2D eigenvalue weighted by Gasteiger charge is 2.20.